The highest BCUT2D eigenvalue weighted by Gasteiger charge is 2.51. The number of halogens is 1. The maximum atomic E-state index is 11.4. The van der Waals surface area contributed by atoms with E-state index in [1.807, 2.05) is 25.1 Å². The van der Waals surface area contributed by atoms with Crippen LogP contribution in [0, 0.1) is 5.41 Å². The Labute approximate surface area is 169 Å². The Morgan fingerprint density at radius 1 is 1.36 bits per heavy atom. The fourth-order valence-corrected chi connectivity index (χ4v) is 4.45. The maximum Gasteiger partial charge on any atom is 0.309 e. The minimum atomic E-state index is -0.708. The lowest BCUT2D eigenvalue weighted by atomic mass is 9.80. The van der Waals surface area contributed by atoms with Gasteiger partial charge in [0.2, 0.25) is 0 Å². The number of methoxy groups -OCH3 is 1. The Balaban J connectivity index is 1.29. The molecule has 2 fully saturated rings. The van der Waals surface area contributed by atoms with Gasteiger partial charge in [-0.1, -0.05) is 22.8 Å². The van der Waals surface area contributed by atoms with Gasteiger partial charge in [0.05, 0.1) is 18.9 Å². The molecule has 8 heteroatoms. The zero-order chi connectivity index (χ0) is 19.9. The number of aliphatic carboxylic acids is 1. The van der Waals surface area contributed by atoms with Crippen LogP contribution in [-0.4, -0.2) is 65.6 Å². The second-order valence-corrected chi connectivity index (χ2v) is 8.85. The van der Waals surface area contributed by atoms with E-state index in [1.54, 1.807) is 7.11 Å². The first-order valence-electron chi connectivity index (χ1n) is 9.61. The molecule has 0 amide bonds. The first-order chi connectivity index (χ1) is 13.3. The zero-order valence-corrected chi connectivity index (χ0v) is 17.0. The Morgan fingerprint density at radius 2 is 2.07 bits per heavy atom. The molecule has 2 saturated heterocycles. The quantitative estimate of drug-likeness (QED) is 0.827. The van der Waals surface area contributed by atoms with E-state index < -0.39 is 11.4 Å². The van der Waals surface area contributed by atoms with Crippen molar-refractivity contribution in [3.05, 3.63) is 28.8 Å². The lowest BCUT2D eigenvalue weighted by molar-refractivity contribution is -0.150. The third-order valence-corrected chi connectivity index (χ3v) is 6.47. The zero-order valence-electron chi connectivity index (χ0n) is 16.3. The summed E-state index contributed by atoms with van der Waals surface area (Å²) in [6.45, 7) is 5.66. The number of carboxylic acids is 1. The van der Waals surface area contributed by atoms with Crippen molar-refractivity contribution in [2.24, 2.45) is 10.6 Å². The molecular formula is C20H26ClN3O4. The highest BCUT2D eigenvalue weighted by Crippen LogP contribution is 2.38. The number of hydrogen-bond acceptors (Lipinski definition) is 6. The molecule has 1 N–H and O–H groups in total. The molecule has 0 bridgehead atoms. The van der Waals surface area contributed by atoms with Gasteiger partial charge in [-0.3, -0.25) is 9.69 Å². The number of likely N-dealkylation sites (tertiary alicyclic amines) is 2. The van der Waals surface area contributed by atoms with Crippen LogP contribution in [0.2, 0.25) is 5.02 Å². The van der Waals surface area contributed by atoms with Crippen molar-refractivity contribution in [1.29, 1.82) is 0 Å². The number of carboxylic acid groups (broad SMARTS) is 1. The molecule has 7 nitrogen and oxygen atoms in total. The fourth-order valence-electron chi connectivity index (χ4n) is 4.28. The Kier molecular flexibility index (Phi) is 4.91. The van der Waals surface area contributed by atoms with E-state index in [2.05, 4.69) is 15.0 Å². The molecule has 1 spiro atoms. The molecule has 28 heavy (non-hydrogen) atoms. The summed E-state index contributed by atoms with van der Waals surface area (Å²) in [6.07, 6.45) is 2.05. The summed E-state index contributed by atoms with van der Waals surface area (Å²) in [7, 11) is 1.65. The van der Waals surface area contributed by atoms with Crippen LogP contribution in [0.1, 0.15) is 31.7 Å². The number of amidine groups is 1. The highest BCUT2D eigenvalue weighted by atomic mass is 35.5. The number of nitrogens with zero attached hydrogens (tertiary/aromatic N) is 3. The van der Waals surface area contributed by atoms with Crippen LogP contribution in [0.5, 0.6) is 5.75 Å². The van der Waals surface area contributed by atoms with Crippen molar-refractivity contribution in [3.63, 3.8) is 0 Å². The van der Waals surface area contributed by atoms with Crippen LogP contribution in [-0.2, 0) is 16.2 Å². The average Bonchev–Trinajstić information content (AvgIpc) is 3.08. The molecular weight excluding hydrogens is 382 g/mol. The molecule has 3 heterocycles. The van der Waals surface area contributed by atoms with Gasteiger partial charge in [0, 0.05) is 43.3 Å². The molecule has 0 saturated carbocycles. The summed E-state index contributed by atoms with van der Waals surface area (Å²) in [5, 5.41) is 14.4. The highest BCUT2D eigenvalue weighted by molar-refractivity contribution is 6.30. The third kappa shape index (κ3) is 3.53. The van der Waals surface area contributed by atoms with E-state index in [4.69, 9.17) is 21.2 Å². The second kappa shape index (κ2) is 7.12. The maximum absolute atomic E-state index is 11.4. The van der Waals surface area contributed by atoms with Gasteiger partial charge in [0.1, 0.15) is 11.6 Å². The largest absolute Gasteiger partial charge is 0.496 e. The standard InChI is InChI=1S/C20H26ClN3O4/c1-19(18(25)26)5-7-24(8-6-19)17-10-20(28-22-17)12-23(13-20)11-14-3-4-15(21)9-16(14)27-2/h3-4,9H,5-8,10-13H2,1-2H3,(H,25,26). The Bertz CT molecular complexity index is 799. The lowest BCUT2D eigenvalue weighted by Gasteiger charge is -2.45. The van der Waals surface area contributed by atoms with Crippen LogP contribution in [0.3, 0.4) is 0 Å². The van der Waals surface area contributed by atoms with Gasteiger partial charge in [-0.2, -0.15) is 0 Å². The number of oxime groups is 1. The molecule has 0 aromatic heterocycles. The predicted molar refractivity (Wildman–Crippen MR) is 106 cm³/mol. The van der Waals surface area contributed by atoms with Crippen LogP contribution in [0.15, 0.2) is 23.4 Å². The topological polar surface area (TPSA) is 74.6 Å². The minimum Gasteiger partial charge on any atom is -0.496 e. The average molecular weight is 408 g/mol. The number of benzene rings is 1. The smallest absolute Gasteiger partial charge is 0.309 e. The number of rotatable bonds is 4. The normalized spacial score (nSPS) is 23.1. The lowest BCUT2D eigenvalue weighted by Crippen LogP contribution is -2.61. The summed E-state index contributed by atoms with van der Waals surface area (Å²) < 4.78 is 5.43. The van der Waals surface area contributed by atoms with E-state index in [-0.39, 0.29) is 5.60 Å². The summed E-state index contributed by atoms with van der Waals surface area (Å²) >= 11 is 6.04. The van der Waals surface area contributed by atoms with Gasteiger partial charge in [-0.25, -0.2) is 0 Å². The molecule has 3 aliphatic rings. The molecule has 3 aliphatic heterocycles. The van der Waals surface area contributed by atoms with Crippen molar-refractivity contribution in [1.82, 2.24) is 9.80 Å². The van der Waals surface area contributed by atoms with Crippen LogP contribution in [0.4, 0.5) is 0 Å². The summed E-state index contributed by atoms with van der Waals surface area (Å²) in [4.78, 5) is 21.7. The van der Waals surface area contributed by atoms with Crippen molar-refractivity contribution >= 4 is 23.4 Å². The van der Waals surface area contributed by atoms with Crippen LogP contribution < -0.4 is 4.74 Å². The molecule has 0 atom stereocenters. The van der Waals surface area contributed by atoms with E-state index in [9.17, 15) is 9.90 Å². The number of ether oxygens (including phenoxy) is 1. The SMILES string of the molecule is COc1cc(Cl)ccc1CN1CC2(CC(N3CCC(C)(C(=O)O)CC3)=NO2)C1. The van der Waals surface area contributed by atoms with Gasteiger partial charge in [-0.15, -0.1) is 0 Å². The van der Waals surface area contributed by atoms with Crippen LogP contribution >= 0.6 is 11.6 Å². The van der Waals surface area contributed by atoms with Gasteiger partial charge < -0.3 is 19.6 Å². The second-order valence-electron chi connectivity index (χ2n) is 8.41. The molecule has 152 valence electrons. The Hall–Kier alpha value is -1.99. The van der Waals surface area contributed by atoms with Crippen molar-refractivity contribution in [3.8, 4) is 5.75 Å². The summed E-state index contributed by atoms with van der Waals surface area (Å²) in [5.74, 6) is 1.05. The van der Waals surface area contributed by atoms with Crippen molar-refractivity contribution < 1.29 is 19.5 Å². The van der Waals surface area contributed by atoms with E-state index in [1.165, 1.54) is 0 Å². The first kappa shape index (κ1) is 19.3. The molecule has 1 aromatic rings. The predicted octanol–water partition coefficient (Wildman–Crippen LogP) is 2.82. The number of carbonyl (C=O) groups is 1. The molecule has 1 aromatic carbocycles. The summed E-state index contributed by atoms with van der Waals surface area (Å²) in [5.41, 5.74) is 0.228. The van der Waals surface area contributed by atoms with E-state index in [0.29, 0.717) is 31.0 Å². The van der Waals surface area contributed by atoms with E-state index in [0.717, 1.165) is 43.2 Å². The molecule has 0 radical (unpaired) electrons. The van der Waals surface area contributed by atoms with Gasteiger partial charge in [-0.05, 0) is 31.9 Å². The van der Waals surface area contributed by atoms with Gasteiger partial charge >= 0.3 is 5.97 Å². The minimum absolute atomic E-state index is 0.247. The van der Waals surface area contributed by atoms with Gasteiger partial charge in [0.25, 0.3) is 0 Å². The van der Waals surface area contributed by atoms with Crippen molar-refractivity contribution in [2.45, 2.75) is 38.3 Å². The first-order valence-corrected chi connectivity index (χ1v) is 9.99. The van der Waals surface area contributed by atoms with E-state index >= 15 is 0 Å². The molecule has 0 aliphatic carbocycles. The number of hydrogen-bond donors (Lipinski definition) is 1. The number of piperidine rings is 1. The van der Waals surface area contributed by atoms with Gasteiger partial charge in [0.15, 0.2) is 5.60 Å². The third-order valence-electron chi connectivity index (χ3n) is 6.24. The summed E-state index contributed by atoms with van der Waals surface area (Å²) in [6, 6.07) is 5.71. The van der Waals surface area contributed by atoms with Crippen molar-refractivity contribution in [2.75, 3.05) is 33.3 Å². The Morgan fingerprint density at radius 3 is 2.71 bits per heavy atom. The van der Waals surface area contributed by atoms with Crippen LogP contribution in [0.25, 0.3) is 0 Å². The molecule has 4 rings (SSSR count). The fraction of sp³-hybridized carbons (Fsp3) is 0.600. The molecule has 0 unspecified atom stereocenters. The monoisotopic (exact) mass is 407 g/mol.